The zero-order valence-electron chi connectivity index (χ0n) is 9.97. The van der Waals surface area contributed by atoms with E-state index < -0.39 is 12.0 Å². The molecule has 1 aromatic rings. The van der Waals surface area contributed by atoms with E-state index in [1.165, 1.54) is 5.56 Å². The summed E-state index contributed by atoms with van der Waals surface area (Å²) >= 11 is 3.42. The van der Waals surface area contributed by atoms with Gasteiger partial charge in [-0.3, -0.25) is 4.79 Å². The number of amides is 1. The van der Waals surface area contributed by atoms with E-state index in [1.807, 2.05) is 12.1 Å². The number of primary amides is 1. The van der Waals surface area contributed by atoms with Crippen molar-refractivity contribution < 1.29 is 9.90 Å². The third-order valence-electron chi connectivity index (χ3n) is 3.41. The van der Waals surface area contributed by atoms with Crippen LogP contribution in [0.3, 0.4) is 0 Å². The van der Waals surface area contributed by atoms with Crippen molar-refractivity contribution in [3.8, 4) is 0 Å². The Balaban J connectivity index is 1.74. The topological polar surface area (TPSA) is 75.4 Å². The lowest BCUT2D eigenvalue weighted by Gasteiger charge is -2.36. The van der Waals surface area contributed by atoms with Gasteiger partial charge in [-0.1, -0.05) is 28.1 Å². The predicted octanol–water partition coefficient (Wildman–Crippen LogP) is 1.13. The van der Waals surface area contributed by atoms with Crippen molar-refractivity contribution in [1.82, 2.24) is 5.32 Å². The molecule has 4 N–H and O–H groups in total. The van der Waals surface area contributed by atoms with E-state index in [9.17, 15) is 9.90 Å². The summed E-state index contributed by atoms with van der Waals surface area (Å²) in [5.74, 6) is -0.104. The molecule has 1 saturated carbocycles. The first-order valence-corrected chi connectivity index (χ1v) is 6.82. The molecule has 1 unspecified atom stereocenters. The Morgan fingerprint density at radius 2 is 2.06 bits per heavy atom. The van der Waals surface area contributed by atoms with Gasteiger partial charge in [0.05, 0.1) is 0 Å². The van der Waals surface area contributed by atoms with Crippen LogP contribution >= 0.6 is 15.9 Å². The fourth-order valence-electron chi connectivity index (χ4n) is 2.17. The molecule has 1 amide bonds. The molecular formula is C13H17BrN2O2. The van der Waals surface area contributed by atoms with Gasteiger partial charge in [-0.05, 0) is 36.5 Å². The molecular weight excluding hydrogens is 296 g/mol. The molecule has 1 atom stereocenters. The molecule has 0 radical (unpaired) electrons. The molecule has 0 aliphatic heterocycles. The van der Waals surface area contributed by atoms with Gasteiger partial charge >= 0.3 is 0 Å². The number of hydrogen-bond donors (Lipinski definition) is 3. The molecule has 0 bridgehead atoms. The monoisotopic (exact) mass is 312 g/mol. The Labute approximate surface area is 115 Å². The molecule has 5 heteroatoms. The molecule has 2 rings (SSSR count). The first-order valence-electron chi connectivity index (χ1n) is 6.02. The van der Waals surface area contributed by atoms with E-state index in [0.717, 1.165) is 17.3 Å². The van der Waals surface area contributed by atoms with Crippen LogP contribution in [0.1, 0.15) is 24.3 Å². The van der Waals surface area contributed by atoms with Crippen LogP contribution in [-0.4, -0.2) is 29.7 Å². The molecule has 0 heterocycles. The van der Waals surface area contributed by atoms with Crippen LogP contribution in [0.15, 0.2) is 28.7 Å². The van der Waals surface area contributed by atoms with Crippen molar-refractivity contribution in [1.29, 1.82) is 0 Å². The van der Waals surface area contributed by atoms with Crippen LogP contribution in [0.25, 0.3) is 0 Å². The molecule has 1 aliphatic carbocycles. The largest absolute Gasteiger partial charge is 0.382 e. The Bertz CT molecular complexity index is 416. The number of carbonyl (C=O) groups is 1. The molecule has 18 heavy (non-hydrogen) atoms. The minimum Gasteiger partial charge on any atom is -0.382 e. The molecule has 0 spiro atoms. The summed E-state index contributed by atoms with van der Waals surface area (Å²) in [6, 6.07) is 8.72. The van der Waals surface area contributed by atoms with E-state index in [0.29, 0.717) is 12.0 Å². The second kappa shape index (κ2) is 5.82. The lowest BCUT2D eigenvalue weighted by molar-refractivity contribution is -0.125. The number of rotatable bonds is 5. The van der Waals surface area contributed by atoms with E-state index in [4.69, 9.17) is 5.73 Å². The summed E-state index contributed by atoms with van der Waals surface area (Å²) in [7, 11) is 0. The van der Waals surface area contributed by atoms with Gasteiger partial charge in [0, 0.05) is 17.1 Å². The van der Waals surface area contributed by atoms with E-state index in [1.54, 1.807) is 0 Å². The van der Waals surface area contributed by atoms with E-state index >= 15 is 0 Å². The minimum absolute atomic E-state index is 0.243. The number of halogens is 1. The third kappa shape index (κ3) is 3.31. The summed E-state index contributed by atoms with van der Waals surface area (Å²) < 4.78 is 1.09. The Kier molecular flexibility index (Phi) is 4.37. The van der Waals surface area contributed by atoms with Gasteiger partial charge in [-0.25, -0.2) is 0 Å². The summed E-state index contributed by atoms with van der Waals surface area (Å²) in [5, 5.41) is 12.4. The zero-order valence-corrected chi connectivity index (χ0v) is 11.6. The van der Waals surface area contributed by atoms with Crippen LogP contribution < -0.4 is 11.1 Å². The lowest BCUT2D eigenvalue weighted by Crippen LogP contribution is -2.46. The first-order chi connectivity index (χ1) is 8.56. The quantitative estimate of drug-likeness (QED) is 0.763. The highest BCUT2D eigenvalue weighted by atomic mass is 79.9. The fourth-order valence-corrected chi connectivity index (χ4v) is 2.43. The normalized spacial score (nSPS) is 24.3. The van der Waals surface area contributed by atoms with Crippen LogP contribution in [0.2, 0.25) is 0 Å². The van der Waals surface area contributed by atoms with Crippen LogP contribution in [-0.2, 0) is 4.79 Å². The van der Waals surface area contributed by atoms with E-state index in [-0.39, 0.29) is 6.54 Å². The summed E-state index contributed by atoms with van der Waals surface area (Å²) in [6.07, 6.45) is 0.983. The molecule has 0 saturated heterocycles. The first kappa shape index (κ1) is 13.5. The fraction of sp³-hybridized carbons (Fsp3) is 0.462. The maximum Gasteiger partial charge on any atom is 0.247 e. The highest BCUT2D eigenvalue weighted by Crippen LogP contribution is 2.37. The summed E-state index contributed by atoms with van der Waals surface area (Å²) in [4.78, 5) is 10.7. The third-order valence-corrected chi connectivity index (χ3v) is 3.94. The Morgan fingerprint density at radius 1 is 1.44 bits per heavy atom. The SMILES string of the molecule is NC(=O)C(O)CNC1CC(c2ccc(Br)cc2)C1. The smallest absolute Gasteiger partial charge is 0.247 e. The van der Waals surface area contributed by atoms with E-state index in [2.05, 4.69) is 33.4 Å². The minimum atomic E-state index is -1.09. The number of hydrogen-bond acceptors (Lipinski definition) is 3. The van der Waals surface area contributed by atoms with Crippen molar-refractivity contribution in [3.05, 3.63) is 34.3 Å². The highest BCUT2D eigenvalue weighted by molar-refractivity contribution is 9.10. The number of benzene rings is 1. The van der Waals surface area contributed by atoms with Gasteiger partial charge in [0.25, 0.3) is 0 Å². The van der Waals surface area contributed by atoms with Crippen LogP contribution in [0.5, 0.6) is 0 Å². The summed E-state index contributed by atoms with van der Waals surface area (Å²) in [5.41, 5.74) is 6.32. The van der Waals surface area contributed by atoms with Crippen molar-refractivity contribution in [2.75, 3.05) is 6.54 Å². The molecule has 0 aromatic heterocycles. The number of nitrogens with two attached hydrogens (primary N) is 1. The Morgan fingerprint density at radius 3 is 2.61 bits per heavy atom. The van der Waals surface area contributed by atoms with Gasteiger partial charge in [-0.15, -0.1) is 0 Å². The Hall–Kier alpha value is -0.910. The van der Waals surface area contributed by atoms with Gasteiger partial charge in [0.1, 0.15) is 6.10 Å². The zero-order chi connectivity index (χ0) is 13.1. The molecule has 1 fully saturated rings. The van der Waals surface area contributed by atoms with Gasteiger partial charge in [-0.2, -0.15) is 0 Å². The molecule has 98 valence electrons. The number of aliphatic hydroxyl groups excluding tert-OH is 1. The van der Waals surface area contributed by atoms with Crippen molar-refractivity contribution >= 4 is 21.8 Å². The highest BCUT2D eigenvalue weighted by Gasteiger charge is 2.30. The maximum absolute atomic E-state index is 10.7. The average molecular weight is 313 g/mol. The van der Waals surface area contributed by atoms with Crippen molar-refractivity contribution in [2.24, 2.45) is 5.73 Å². The van der Waals surface area contributed by atoms with Gasteiger partial charge in [0.2, 0.25) is 5.91 Å². The standard InChI is InChI=1S/C13H17BrN2O2/c14-10-3-1-8(2-4-10)9-5-11(6-9)16-7-12(17)13(15)18/h1-4,9,11-12,16-17H,5-7H2,(H2,15,18). The molecule has 4 nitrogen and oxygen atoms in total. The second-order valence-electron chi connectivity index (χ2n) is 4.74. The molecule has 1 aliphatic rings. The number of aliphatic hydroxyl groups is 1. The number of carbonyl (C=O) groups excluding carboxylic acids is 1. The van der Waals surface area contributed by atoms with Crippen LogP contribution in [0, 0.1) is 0 Å². The summed E-state index contributed by atoms with van der Waals surface area (Å²) in [6.45, 7) is 0.243. The van der Waals surface area contributed by atoms with Crippen molar-refractivity contribution in [2.45, 2.75) is 30.9 Å². The van der Waals surface area contributed by atoms with Crippen molar-refractivity contribution in [3.63, 3.8) is 0 Å². The van der Waals surface area contributed by atoms with Crippen LogP contribution in [0.4, 0.5) is 0 Å². The lowest BCUT2D eigenvalue weighted by atomic mass is 9.76. The van der Waals surface area contributed by atoms with Gasteiger partial charge < -0.3 is 16.2 Å². The van der Waals surface area contributed by atoms with Gasteiger partial charge in [0.15, 0.2) is 0 Å². The molecule has 1 aromatic carbocycles. The predicted molar refractivity (Wildman–Crippen MR) is 73.1 cm³/mol. The maximum atomic E-state index is 10.7. The number of nitrogens with one attached hydrogen (secondary N) is 1. The second-order valence-corrected chi connectivity index (χ2v) is 5.66. The average Bonchev–Trinajstić information content (AvgIpc) is 2.28.